The molecule has 37 heavy (non-hydrogen) atoms. The first-order chi connectivity index (χ1) is 18.0. The molecule has 0 spiro atoms. The molecule has 6 heteroatoms. The first kappa shape index (κ1) is 25.0. The van der Waals surface area contributed by atoms with Gasteiger partial charge in [-0.05, 0) is 54.7 Å². The number of para-hydroxylation sites is 1. The van der Waals surface area contributed by atoms with Gasteiger partial charge in [0.05, 0.1) is 0 Å². The molecule has 0 amide bonds. The SMILES string of the molecule is CC1=NC2=C(C(=O)C[C@H](c3ccccc3)C2)[C@H](c2cccc(Cl)c2)C1C(=O)OCCOc1ccccc1. The summed E-state index contributed by atoms with van der Waals surface area (Å²) in [6.07, 6.45) is 1.02. The largest absolute Gasteiger partial charge is 0.490 e. The summed E-state index contributed by atoms with van der Waals surface area (Å²) in [5.74, 6) is -0.859. The molecule has 188 valence electrons. The van der Waals surface area contributed by atoms with E-state index < -0.39 is 17.8 Å². The maximum absolute atomic E-state index is 13.6. The van der Waals surface area contributed by atoms with Gasteiger partial charge in [0.1, 0.15) is 24.9 Å². The van der Waals surface area contributed by atoms with Crippen molar-refractivity contribution in [2.45, 2.75) is 31.6 Å². The number of carbonyl (C=O) groups excluding carboxylic acids is 2. The molecule has 2 aliphatic rings. The Morgan fingerprint density at radius 3 is 2.35 bits per heavy atom. The van der Waals surface area contributed by atoms with Crippen LogP contribution in [-0.2, 0) is 14.3 Å². The predicted molar refractivity (Wildman–Crippen MR) is 144 cm³/mol. The maximum atomic E-state index is 13.6. The number of benzene rings is 3. The van der Waals surface area contributed by atoms with Crippen molar-refractivity contribution in [2.75, 3.05) is 13.2 Å². The summed E-state index contributed by atoms with van der Waals surface area (Å²) in [5.41, 5.74) is 3.92. The van der Waals surface area contributed by atoms with Gasteiger partial charge in [0.2, 0.25) is 0 Å². The zero-order valence-electron chi connectivity index (χ0n) is 20.6. The number of halogens is 1. The molecule has 0 aromatic heterocycles. The topological polar surface area (TPSA) is 65.0 Å². The van der Waals surface area contributed by atoms with Crippen LogP contribution in [0.5, 0.6) is 5.75 Å². The third kappa shape index (κ3) is 5.52. The molecule has 3 aromatic carbocycles. The van der Waals surface area contributed by atoms with E-state index in [1.165, 1.54) is 0 Å². The monoisotopic (exact) mass is 513 g/mol. The lowest BCUT2D eigenvalue weighted by Crippen LogP contribution is -2.38. The zero-order valence-corrected chi connectivity index (χ0v) is 21.4. The fourth-order valence-electron chi connectivity index (χ4n) is 5.29. The van der Waals surface area contributed by atoms with Crippen LogP contribution in [0, 0.1) is 5.92 Å². The smallest absolute Gasteiger partial charge is 0.315 e. The highest BCUT2D eigenvalue weighted by Gasteiger charge is 2.44. The number of Topliss-reactive ketones (excluding diaryl/α,β-unsaturated/α-hetero) is 1. The zero-order chi connectivity index (χ0) is 25.8. The van der Waals surface area contributed by atoms with Gasteiger partial charge < -0.3 is 9.47 Å². The van der Waals surface area contributed by atoms with Gasteiger partial charge in [0, 0.05) is 34.3 Å². The summed E-state index contributed by atoms with van der Waals surface area (Å²) >= 11 is 6.34. The second kappa shape index (κ2) is 11.1. The molecule has 0 N–H and O–H groups in total. The minimum absolute atomic E-state index is 0.0153. The number of hydrogen-bond donors (Lipinski definition) is 0. The molecule has 5 nitrogen and oxygen atoms in total. The van der Waals surface area contributed by atoms with E-state index in [9.17, 15) is 9.59 Å². The summed E-state index contributed by atoms with van der Waals surface area (Å²) in [5, 5.41) is 0.550. The summed E-state index contributed by atoms with van der Waals surface area (Å²) in [6.45, 7) is 2.16. The average molecular weight is 514 g/mol. The molecule has 3 atom stereocenters. The fourth-order valence-corrected chi connectivity index (χ4v) is 5.49. The van der Waals surface area contributed by atoms with E-state index in [2.05, 4.69) is 12.1 Å². The maximum Gasteiger partial charge on any atom is 0.315 e. The number of aliphatic imine (C=N–C) groups is 1. The fraction of sp³-hybridized carbons (Fsp3) is 0.258. The van der Waals surface area contributed by atoms with Crippen LogP contribution in [0.4, 0.5) is 0 Å². The Kier molecular flexibility index (Phi) is 7.52. The highest BCUT2D eigenvalue weighted by Crippen LogP contribution is 2.47. The Balaban J connectivity index is 1.41. The molecule has 0 saturated heterocycles. The van der Waals surface area contributed by atoms with Gasteiger partial charge in [0.15, 0.2) is 5.78 Å². The number of rotatable bonds is 7. The number of hydrogen-bond acceptors (Lipinski definition) is 5. The van der Waals surface area contributed by atoms with E-state index in [0.29, 0.717) is 34.9 Å². The second-order valence-electron chi connectivity index (χ2n) is 9.39. The van der Waals surface area contributed by atoms with Crippen molar-refractivity contribution in [3.8, 4) is 5.75 Å². The molecular formula is C31H28ClNO4. The quantitative estimate of drug-likeness (QED) is 0.266. The minimum Gasteiger partial charge on any atom is -0.490 e. The van der Waals surface area contributed by atoms with Crippen LogP contribution in [0.2, 0.25) is 5.02 Å². The van der Waals surface area contributed by atoms with Gasteiger partial charge >= 0.3 is 5.97 Å². The van der Waals surface area contributed by atoms with Gasteiger partial charge in [-0.3, -0.25) is 14.6 Å². The molecule has 0 fully saturated rings. The van der Waals surface area contributed by atoms with Crippen molar-refractivity contribution in [1.29, 1.82) is 0 Å². The molecule has 1 unspecified atom stereocenters. The highest BCUT2D eigenvalue weighted by molar-refractivity contribution is 6.30. The third-order valence-corrected chi connectivity index (χ3v) is 7.20. The molecule has 1 heterocycles. The standard InChI is InChI=1S/C31H28ClNO4/c1-20-28(31(35)37-16-15-36-25-13-6-3-7-14-25)29(22-11-8-12-24(32)17-22)30-26(33-20)18-23(19-27(30)34)21-9-4-2-5-10-21/h2-14,17,23,28-29H,15-16,18-19H2,1H3/t23-,28?,29-/m1/s1. The number of esters is 1. The molecular weight excluding hydrogens is 486 g/mol. The first-order valence-corrected chi connectivity index (χ1v) is 12.9. The third-order valence-electron chi connectivity index (χ3n) is 6.96. The van der Waals surface area contributed by atoms with Gasteiger partial charge in [-0.1, -0.05) is 72.3 Å². The Labute approximate surface area is 221 Å². The van der Waals surface area contributed by atoms with E-state index in [-0.39, 0.29) is 24.9 Å². The van der Waals surface area contributed by atoms with Gasteiger partial charge in [0.25, 0.3) is 0 Å². The Morgan fingerprint density at radius 1 is 0.919 bits per heavy atom. The van der Waals surface area contributed by atoms with Crippen molar-refractivity contribution in [1.82, 2.24) is 0 Å². The van der Waals surface area contributed by atoms with Crippen LogP contribution in [0.15, 0.2) is 101 Å². The van der Waals surface area contributed by atoms with E-state index in [1.807, 2.05) is 73.7 Å². The van der Waals surface area contributed by atoms with Crippen LogP contribution >= 0.6 is 11.6 Å². The van der Waals surface area contributed by atoms with E-state index >= 15 is 0 Å². The van der Waals surface area contributed by atoms with Crippen LogP contribution in [0.1, 0.15) is 42.7 Å². The molecule has 0 bridgehead atoms. The first-order valence-electron chi connectivity index (χ1n) is 12.5. The number of allylic oxidation sites excluding steroid dienone is 2. The molecule has 0 radical (unpaired) electrons. The van der Waals surface area contributed by atoms with E-state index in [1.54, 1.807) is 6.07 Å². The van der Waals surface area contributed by atoms with Gasteiger partial charge in [-0.15, -0.1) is 0 Å². The van der Waals surface area contributed by atoms with E-state index in [4.69, 9.17) is 26.1 Å². The lowest BCUT2D eigenvalue weighted by atomic mass is 9.69. The predicted octanol–water partition coefficient (Wildman–Crippen LogP) is 6.54. The highest BCUT2D eigenvalue weighted by atomic mass is 35.5. The molecule has 1 aliphatic heterocycles. The van der Waals surface area contributed by atoms with Crippen LogP contribution < -0.4 is 4.74 Å². The molecule has 0 saturated carbocycles. The molecule has 3 aromatic rings. The van der Waals surface area contributed by atoms with Gasteiger partial charge in [-0.25, -0.2) is 0 Å². The van der Waals surface area contributed by atoms with Crippen molar-refractivity contribution >= 4 is 29.1 Å². The average Bonchev–Trinajstić information content (AvgIpc) is 2.91. The normalized spacial score (nSPS) is 21.2. The minimum atomic E-state index is -0.717. The van der Waals surface area contributed by atoms with Crippen molar-refractivity contribution < 1.29 is 19.1 Å². The van der Waals surface area contributed by atoms with Crippen LogP contribution in [-0.4, -0.2) is 30.7 Å². The second-order valence-corrected chi connectivity index (χ2v) is 9.83. The number of carbonyl (C=O) groups is 2. The van der Waals surface area contributed by atoms with Gasteiger partial charge in [-0.2, -0.15) is 0 Å². The Hall–Kier alpha value is -3.70. The van der Waals surface area contributed by atoms with Crippen LogP contribution in [0.3, 0.4) is 0 Å². The number of ether oxygens (including phenoxy) is 2. The molecule has 5 rings (SSSR count). The lowest BCUT2D eigenvalue weighted by Gasteiger charge is -2.36. The summed E-state index contributed by atoms with van der Waals surface area (Å²) < 4.78 is 11.3. The molecule has 1 aliphatic carbocycles. The van der Waals surface area contributed by atoms with Crippen molar-refractivity contribution in [2.24, 2.45) is 10.9 Å². The lowest BCUT2D eigenvalue weighted by molar-refractivity contribution is -0.147. The summed E-state index contributed by atoms with van der Waals surface area (Å²) in [7, 11) is 0. The number of nitrogens with zero attached hydrogens (tertiary/aromatic N) is 1. The number of ketones is 1. The Morgan fingerprint density at radius 2 is 1.62 bits per heavy atom. The summed E-state index contributed by atoms with van der Waals surface area (Å²) in [6, 6.07) is 26.8. The van der Waals surface area contributed by atoms with Crippen LogP contribution in [0.25, 0.3) is 0 Å². The van der Waals surface area contributed by atoms with E-state index in [0.717, 1.165) is 16.8 Å². The van der Waals surface area contributed by atoms with Crippen molar-refractivity contribution in [3.05, 3.63) is 112 Å². The van der Waals surface area contributed by atoms with Crippen molar-refractivity contribution in [3.63, 3.8) is 0 Å². The Bertz CT molecular complexity index is 1350. The summed E-state index contributed by atoms with van der Waals surface area (Å²) in [4.78, 5) is 31.9.